The van der Waals surface area contributed by atoms with Gasteiger partial charge in [0.25, 0.3) is 5.91 Å². The molecule has 1 fully saturated rings. The fourth-order valence-electron chi connectivity index (χ4n) is 3.26. The fraction of sp³-hybridized carbons (Fsp3) is 0.304. The number of amides is 1. The lowest BCUT2D eigenvalue weighted by Gasteiger charge is -2.26. The van der Waals surface area contributed by atoms with Crippen LogP contribution in [-0.4, -0.2) is 65.2 Å². The second-order valence-corrected chi connectivity index (χ2v) is 8.76. The molecule has 8 nitrogen and oxygen atoms in total. The van der Waals surface area contributed by atoms with E-state index in [9.17, 15) is 4.79 Å². The summed E-state index contributed by atoms with van der Waals surface area (Å²) in [7, 11) is 0. The summed E-state index contributed by atoms with van der Waals surface area (Å²) in [6.45, 7) is 5.18. The SMILES string of the molecule is O=C(Nc1ccc(Cl)cc1)c1cccnc1SCc1ccnc(NCCN2CCOCC2)n1. The summed E-state index contributed by atoms with van der Waals surface area (Å²) in [5.41, 5.74) is 2.04. The van der Waals surface area contributed by atoms with E-state index in [0.717, 1.165) is 45.1 Å². The van der Waals surface area contributed by atoms with E-state index < -0.39 is 0 Å². The van der Waals surface area contributed by atoms with E-state index in [1.54, 1.807) is 48.8 Å². The largest absolute Gasteiger partial charge is 0.379 e. The number of nitrogens with one attached hydrogen (secondary N) is 2. The number of pyridine rings is 1. The molecule has 0 radical (unpaired) electrons. The summed E-state index contributed by atoms with van der Waals surface area (Å²) in [4.78, 5) is 28.5. The highest BCUT2D eigenvalue weighted by molar-refractivity contribution is 7.98. The maximum absolute atomic E-state index is 12.8. The molecule has 33 heavy (non-hydrogen) atoms. The van der Waals surface area contributed by atoms with Gasteiger partial charge in [0.05, 0.1) is 24.5 Å². The van der Waals surface area contributed by atoms with Crippen LogP contribution in [0.3, 0.4) is 0 Å². The Morgan fingerprint density at radius 2 is 1.91 bits per heavy atom. The Balaban J connectivity index is 1.33. The van der Waals surface area contributed by atoms with Gasteiger partial charge in [0.1, 0.15) is 5.03 Å². The molecule has 2 aromatic heterocycles. The van der Waals surface area contributed by atoms with Crippen molar-refractivity contribution in [1.29, 1.82) is 0 Å². The first-order chi connectivity index (χ1) is 16.2. The minimum absolute atomic E-state index is 0.221. The van der Waals surface area contributed by atoms with Crippen molar-refractivity contribution in [3.05, 3.63) is 71.1 Å². The van der Waals surface area contributed by atoms with Gasteiger partial charge in [-0.1, -0.05) is 23.4 Å². The predicted molar refractivity (Wildman–Crippen MR) is 131 cm³/mol. The molecule has 0 saturated carbocycles. The molecule has 0 atom stereocenters. The van der Waals surface area contributed by atoms with Crippen LogP contribution in [-0.2, 0) is 10.5 Å². The third kappa shape index (κ3) is 7.13. The van der Waals surface area contributed by atoms with Crippen LogP contribution >= 0.6 is 23.4 Å². The molecule has 1 saturated heterocycles. The van der Waals surface area contributed by atoms with Gasteiger partial charge >= 0.3 is 0 Å². The van der Waals surface area contributed by atoms with E-state index in [0.29, 0.717) is 33.0 Å². The van der Waals surface area contributed by atoms with E-state index in [2.05, 4.69) is 30.5 Å². The van der Waals surface area contributed by atoms with Crippen LogP contribution < -0.4 is 10.6 Å². The van der Waals surface area contributed by atoms with Crippen molar-refractivity contribution in [2.75, 3.05) is 50.0 Å². The van der Waals surface area contributed by atoms with Crippen molar-refractivity contribution in [2.45, 2.75) is 10.8 Å². The molecule has 10 heteroatoms. The highest BCUT2D eigenvalue weighted by atomic mass is 35.5. The lowest BCUT2D eigenvalue weighted by atomic mass is 10.2. The highest BCUT2D eigenvalue weighted by Gasteiger charge is 2.14. The molecule has 1 aliphatic rings. The quantitative estimate of drug-likeness (QED) is 0.443. The van der Waals surface area contributed by atoms with E-state index >= 15 is 0 Å². The van der Waals surface area contributed by atoms with Gasteiger partial charge in [-0.3, -0.25) is 9.69 Å². The maximum Gasteiger partial charge on any atom is 0.258 e. The summed E-state index contributed by atoms with van der Waals surface area (Å²) < 4.78 is 5.38. The van der Waals surface area contributed by atoms with Crippen LogP contribution in [0.1, 0.15) is 16.1 Å². The number of morpholine rings is 1. The van der Waals surface area contributed by atoms with Gasteiger partial charge in [-0.2, -0.15) is 0 Å². The normalized spacial score (nSPS) is 14.1. The molecule has 0 bridgehead atoms. The summed E-state index contributed by atoms with van der Waals surface area (Å²) in [6, 6.07) is 12.4. The van der Waals surface area contributed by atoms with Gasteiger partial charge in [0.15, 0.2) is 0 Å². The number of aromatic nitrogens is 3. The first-order valence-corrected chi connectivity index (χ1v) is 12.0. The molecule has 0 aliphatic carbocycles. The average molecular weight is 485 g/mol. The second-order valence-electron chi connectivity index (χ2n) is 7.36. The van der Waals surface area contributed by atoms with Crippen LogP contribution in [0, 0.1) is 0 Å². The number of halogens is 1. The standard InChI is InChI=1S/C23H25ClN6O2S/c24-17-3-5-18(6-4-17)28-21(31)20-2-1-8-25-22(20)33-16-19-7-9-26-23(29-19)27-10-11-30-12-14-32-15-13-30/h1-9H,10-16H2,(H,28,31)(H,26,27,29). The van der Waals surface area contributed by atoms with Crippen molar-refractivity contribution in [3.63, 3.8) is 0 Å². The number of anilines is 2. The Morgan fingerprint density at radius 3 is 2.73 bits per heavy atom. The number of carbonyl (C=O) groups is 1. The molecule has 1 aromatic carbocycles. The zero-order valence-corrected chi connectivity index (χ0v) is 19.6. The third-order valence-electron chi connectivity index (χ3n) is 5.00. The molecule has 1 amide bonds. The molecule has 2 N–H and O–H groups in total. The van der Waals surface area contributed by atoms with Crippen molar-refractivity contribution in [3.8, 4) is 0 Å². The molecular formula is C23H25ClN6O2S. The third-order valence-corrected chi connectivity index (χ3v) is 6.29. The number of nitrogens with zero attached hydrogens (tertiary/aromatic N) is 4. The number of thioether (sulfide) groups is 1. The first-order valence-electron chi connectivity index (χ1n) is 10.7. The van der Waals surface area contributed by atoms with Gasteiger partial charge in [-0.05, 0) is 42.5 Å². The number of ether oxygens (including phenoxy) is 1. The summed E-state index contributed by atoms with van der Waals surface area (Å²) in [6.07, 6.45) is 3.42. The Kier molecular flexibility index (Phi) is 8.48. The smallest absolute Gasteiger partial charge is 0.258 e. The van der Waals surface area contributed by atoms with Crippen molar-refractivity contribution < 1.29 is 9.53 Å². The Labute approximate surface area is 202 Å². The fourth-order valence-corrected chi connectivity index (χ4v) is 4.29. The van der Waals surface area contributed by atoms with E-state index in [1.165, 1.54) is 11.8 Å². The minimum Gasteiger partial charge on any atom is -0.379 e. The Bertz CT molecular complexity index is 1060. The predicted octanol–water partition coefficient (Wildman–Crippen LogP) is 3.81. The van der Waals surface area contributed by atoms with Crippen LogP contribution in [0.15, 0.2) is 59.9 Å². The topological polar surface area (TPSA) is 92.3 Å². The van der Waals surface area contributed by atoms with Gasteiger partial charge in [-0.15, -0.1) is 0 Å². The highest BCUT2D eigenvalue weighted by Crippen LogP contribution is 2.25. The zero-order chi connectivity index (χ0) is 22.9. The summed E-state index contributed by atoms with van der Waals surface area (Å²) in [5.74, 6) is 0.947. The second kappa shape index (κ2) is 11.9. The number of carbonyl (C=O) groups excluding carboxylic acids is 1. The number of hydrogen-bond donors (Lipinski definition) is 2. The van der Waals surface area contributed by atoms with Crippen molar-refractivity contribution >= 4 is 40.9 Å². The van der Waals surface area contributed by atoms with E-state index in [1.807, 2.05) is 6.07 Å². The van der Waals surface area contributed by atoms with E-state index in [-0.39, 0.29) is 5.91 Å². The number of hydrogen-bond acceptors (Lipinski definition) is 8. The molecule has 172 valence electrons. The minimum atomic E-state index is -0.221. The van der Waals surface area contributed by atoms with Crippen LogP contribution in [0.25, 0.3) is 0 Å². The van der Waals surface area contributed by atoms with Crippen molar-refractivity contribution in [1.82, 2.24) is 19.9 Å². The van der Waals surface area contributed by atoms with Gasteiger partial charge in [0.2, 0.25) is 5.95 Å². The van der Waals surface area contributed by atoms with Crippen LogP contribution in [0.4, 0.5) is 11.6 Å². The zero-order valence-electron chi connectivity index (χ0n) is 18.0. The Hall–Kier alpha value is -2.72. The van der Waals surface area contributed by atoms with Crippen LogP contribution in [0.5, 0.6) is 0 Å². The average Bonchev–Trinajstić information content (AvgIpc) is 2.85. The van der Waals surface area contributed by atoms with Crippen LogP contribution in [0.2, 0.25) is 5.02 Å². The van der Waals surface area contributed by atoms with Crippen molar-refractivity contribution in [2.24, 2.45) is 0 Å². The maximum atomic E-state index is 12.8. The number of benzene rings is 1. The summed E-state index contributed by atoms with van der Waals surface area (Å²) in [5, 5.41) is 7.43. The van der Waals surface area contributed by atoms with Gasteiger partial charge < -0.3 is 15.4 Å². The van der Waals surface area contributed by atoms with E-state index in [4.69, 9.17) is 16.3 Å². The van der Waals surface area contributed by atoms with Gasteiger partial charge in [-0.25, -0.2) is 15.0 Å². The summed E-state index contributed by atoms with van der Waals surface area (Å²) >= 11 is 7.38. The molecule has 0 spiro atoms. The first kappa shape index (κ1) is 23.4. The molecule has 0 unspecified atom stereocenters. The molecule has 1 aliphatic heterocycles. The monoisotopic (exact) mass is 484 g/mol. The molecule has 4 rings (SSSR count). The number of rotatable bonds is 9. The lowest BCUT2D eigenvalue weighted by molar-refractivity contribution is 0.0398. The Morgan fingerprint density at radius 1 is 1.09 bits per heavy atom. The molecule has 3 aromatic rings. The lowest BCUT2D eigenvalue weighted by Crippen LogP contribution is -2.39. The molecular weight excluding hydrogens is 460 g/mol. The van der Waals surface area contributed by atoms with Gasteiger partial charge in [0, 0.05) is 55.0 Å². The molecule has 3 heterocycles.